The molecule has 0 unspecified atom stereocenters. The fraction of sp³-hybridized carbons (Fsp3) is 0.167. The molecule has 0 N–H and O–H groups in total. The average molecular weight is 378 g/mol. The van der Waals surface area contributed by atoms with Gasteiger partial charge in [-0.1, -0.05) is 34.1 Å². The van der Waals surface area contributed by atoms with Crippen LogP contribution in [0.1, 0.15) is 11.1 Å². The lowest BCUT2D eigenvalue weighted by atomic mass is 10.2. The minimum atomic E-state index is -0.453. The Kier molecular flexibility index (Phi) is 5.93. The second kappa shape index (κ2) is 7.92. The lowest BCUT2D eigenvalue weighted by molar-refractivity contribution is -0.125. The van der Waals surface area contributed by atoms with Gasteiger partial charge in [0.05, 0.1) is 7.11 Å². The molecule has 0 fully saturated rings. The summed E-state index contributed by atoms with van der Waals surface area (Å²) >= 11 is 3.38. The van der Waals surface area contributed by atoms with Gasteiger partial charge in [-0.3, -0.25) is 4.79 Å². The number of nitrogens with zero attached hydrogens (tertiary/aromatic N) is 1. The molecule has 0 aromatic heterocycles. The fourth-order valence-electron chi connectivity index (χ4n) is 2.02. The van der Waals surface area contributed by atoms with E-state index in [1.54, 1.807) is 24.1 Å². The molecule has 120 valence electrons. The van der Waals surface area contributed by atoms with Crippen molar-refractivity contribution in [2.24, 2.45) is 0 Å². The zero-order valence-corrected chi connectivity index (χ0v) is 14.5. The van der Waals surface area contributed by atoms with Crippen LogP contribution in [-0.4, -0.2) is 25.0 Å². The Balaban J connectivity index is 1.99. The zero-order chi connectivity index (χ0) is 16.8. The lowest BCUT2D eigenvalue weighted by Crippen LogP contribution is -2.24. The van der Waals surface area contributed by atoms with Crippen LogP contribution in [0.25, 0.3) is 6.08 Å². The SMILES string of the molecule is COc1ccc(/C=C/C(=O)N(C)Cc2ccc(Br)cc2)cc1F. The summed E-state index contributed by atoms with van der Waals surface area (Å²) in [6, 6.07) is 12.3. The first kappa shape index (κ1) is 17.2. The van der Waals surface area contributed by atoms with Gasteiger partial charge in [0.15, 0.2) is 11.6 Å². The monoisotopic (exact) mass is 377 g/mol. The molecule has 3 nitrogen and oxygen atoms in total. The predicted octanol–water partition coefficient (Wildman–Crippen LogP) is 4.27. The Morgan fingerprint density at radius 3 is 2.57 bits per heavy atom. The van der Waals surface area contributed by atoms with E-state index in [1.165, 1.54) is 25.3 Å². The topological polar surface area (TPSA) is 29.5 Å². The maximum Gasteiger partial charge on any atom is 0.246 e. The Bertz CT molecular complexity index is 713. The molecule has 0 aliphatic carbocycles. The quantitative estimate of drug-likeness (QED) is 0.728. The Morgan fingerprint density at radius 1 is 1.26 bits per heavy atom. The second-order valence-electron chi connectivity index (χ2n) is 5.05. The van der Waals surface area contributed by atoms with Crippen LogP contribution in [-0.2, 0) is 11.3 Å². The van der Waals surface area contributed by atoms with E-state index < -0.39 is 5.82 Å². The Morgan fingerprint density at radius 2 is 1.96 bits per heavy atom. The van der Waals surface area contributed by atoms with Gasteiger partial charge in [0.25, 0.3) is 0 Å². The van der Waals surface area contributed by atoms with Crippen LogP contribution in [0, 0.1) is 5.82 Å². The second-order valence-corrected chi connectivity index (χ2v) is 5.96. The summed E-state index contributed by atoms with van der Waals surface area (Å²) in [5.74, 6) is -0.421. The van der Waals surface area contributed by atoms with E-state index in [0.29, 0.717) is 12.1 Å². The molecule has 23 heavy (non-hydrogen) atoms. The maximum absolute atomic E-state index is 13.6. The van der Waals surface area contributed by atoms with Gasteiger partial charge in [-0.15, -0.1) is 0 Å². The van der Waals surface area contributed by atoms with Crippen LogP contribution in [0.5, 0.6) is 5.75 Å². The zero-order valence-electron chi connectivity index (χ0n) is 12.9. The van der Waals surface area contributed by atoms with Crippen molar-refractivity contribution in [1.82, 2.24) is 4.90 Å². The fourth-order valence-corrected chi connectivity index (χ4v) is 2.29. The molecule has 0 heterocycles. The van der Waals surface area contributed by atoms with Crippen LogP contribution in [0.15, 0.2) is 53.0 Å². The van der Waals surface area contributed by atoms with Gasteiger partial charge in [-0.05, 0) is 41.5 Å². The van der Waals surface area contributed by atoms with Crippen molar-refractivity contribution in [1.29, 1.82) is 0 Å². The highest BCUT2D eigenvalue weighted by atomic mass is 79.9. The largest absolute Gasteiger partial charge is 0.494 e. The molecule has 0 saturated carbocycles. The minimum absolute atomic E-state index is 0.149. The van der Waals surface area contributed by atoms with E-state index >= 15 is 0 Å². The minimum Gasteiger partial charge on any atom is -0.494 e. The van der Waals surface area contributed by atoms with Gasteiger partial charge >= 0.3 is 0 Å². The van der Waals surface area contributed by atoms with Crippen molar-refractivity contribution >= 4 is 27.9 Å². The summed E-state index contributed by atoms with van der Waals surface area (Å²) in [5, 5.41) is 0. The first-order valence-electron chi connectivity index (χ1n) is 7.01. The molecule has 0 aliphatic heterocycles. The predicted molar refractivity (Wildman–Crippen MR) is 92.6 cm³/mol. The third kappa shape index (κ3) is 4.93. The first-order chi connectivity index (χ1) is 11.0. The summed E-state index contributed by atoms with van der Waals surface area (Å²) in [6.45, 7) is 0.507. The molecule has 2 aromatic carbocycles. The molecule has 5 heteroatoms. The Labute approximate surface area is 143 Å². The van der Waals surface area contributed by atoms with Crippen LogP contribution in [0.4, 0.5) is 4.39 Å². The molecule has 2 rings (SSSR count). The number of methoxy groups -OCH3 is 1. The van der Waals surface area contributed by atoms with Crippen molar-refractivity contribution in [3.05, 3.63) is 70.0 Å². The highest BCUT2D eigenvalue weighted by molar-refractivity contribution is 9.10. The molecule has 0 bridgehead atoms. The third-order valence-corrected chi connectivity index (χ3v) is 3.83. The van der Waals surface area contributed by atoms with Crippen molar-refractivity contribution in [3.63, 3.8) is 0 Å². The Hall–Kier alpha value is -2.14. The number of likely N-dealkylation sites (N-methyl/N-ethyl adjacent to an activating group) is 1. The van der Waals surface area contributed by atoms with E-state index in [2.05, 4.69) is 15.9 Å². The van der Waals surface area contributed by atoms with Crippen LogP contribution in [0.3, 0.4) is 0 Å². The molecule has 1 amide bonds. The smallest absolute Gasteiger partial charge is 0.246 e. The van der Waals surface area contributed by atoms with Crippen molar-refractivity contribution < 1.29 is 13.9 Å². The summed E-state index contributed by atoms with van der Waals surface area (Å²) < 4.78 is 19.5. The average Bonchev–Trinajstić information content (AvgIpc) is 2.54. The van der Waals surface area contributed by atoms with E-state index in [4.69, 9.17) is 4.74 Å². The lowest BCUT2D eigenvalue weighted by Gasteiger charge is -2.15. The van der Waals surface area contributed by atoms with Crippen molar-refractivity contribution in [3.8, 4) is 5.75 Å². The number of benzene rings is 2. The third-order valence-electron chi connectivity index (χ3n) is 3.30. The summed E-state index contributed by atoms with van der Waals surface area (Å²) in [7, 11) is 3.14. The number of halogens is 2. The van der Waals surface area contributed by atoms with Crippen LogP contribution >= 0.6 is 15.9 Å². The number of carbonyl (C=O) groups is 1. The van der Waals surface area contributed by atoms with E-state index in [-0.39, 0.29) is 11.7 Å². The summed E-state index contributed by atoms with van der Waals surface area (Å²) in [6.07, 6.45) is 3.02. The summed E-state index contributed by atoms with van der Waals surface area (Å²) in [4.78, 5) is 13.7. The molecule has 0 spiro atoms. The van der Waals surface area contributed by atoms with Crippen molar-refractivity contribution in [2.75, 3.05) is 14.2 Å². The molecule has 2 aromatic rings. The van der Waals surface area contributed by atoms with Gasteiger partial charge in [0.2, 0.25) is 5.91 Å². The number of rotatable bonds is 5. The van der Waals surface area contributed by atoms with Crippen LogP contribution in [0.2, 0.25) is 0 Å². The molecular weight excluding hydrogens is 361 g/mol. The van der Waals surface area contributed by atoms with E-state index in [0.717, 1.165) is 10.0 Å². The molecule has 0 aliphatic rings. The molecule has 0 radical (unpaired) electrons. The number of hydrogen-bond acceptors (Lipinski definition) is 2. The van der Waals surface area contributed by atoms with Crippen molar-refractivity contribution in [2.45, 2.75) is 6.54 Å². The van der Waals surface area contributed by atoms with Crippen LogP contribution < -0.4 is 4.74 Å². The van der Waals surface area contributed by atoms with Gasteiger partial charge in [0.1, 0.15) is 0 Å². The number of hydrogen-bond donors (Lipinski definition) is 0. The highest BCUT2D eigenvalue weighted by Crippen LogP contribution is 2.18. The molecular formula is C18H17BrFNO2. The van der Waals surface area contributed by atoms with Gasteiger partial charge in [-0.25, -0.2) is 4.39 Å². The molecule has 0 atom stereocenters. The van der Waals surface area contributed by atoms with E-state index in [9.17, 15) is 9.18 Å². The van der Waals surface area contributed by atoms with Gasteiger partial charge < -0.3 is 9.64 Å². The first-order valence-corrected chi connectivity index (χ1v) is 7.80. The highest BCUT2D eigenvalue weighted by Gasteiger charge is 2.06. The maximum atomic E-state index is 13.6. The standard InChI is InChI=1S/C18H17BrFNO2/c1-21(12-14-3-7-15(19)8-4-14)18(22)10-6-13-5-9-17(23-2)16(20)11-13/h3-11H,12H2,1-2H3/b10-6+. The molecule has 0 saturated heterocycles. The van der Waals surface area contributed by atoms with E-state index in [1.807, 2.05) is 24.3 Å². The number of amides is 1. The van der Waals surface area contributed by atoms with Gasteiger partial charge in [0, 0.05) is 24.1 Å². The normalized spacial score (nSPS) is 10.8. The number of ether oxygens (including phenoxy) is 1. The van der Waals surface area contributed by atoms with Gasteiger partial charge in [-0.2, -0.15) is 0 Å². The number of carbonyl (C=O) groups excluding carboxylic acids is 1. The summed E-state index contributed by atoms with van der Waals surface area (Å²) in [5.41, 5.74) is 1.64.